The highest BCUT2D eigenvalue weighted by Crippen LogP contribution is 2.19. The number of hydrogen-bond acceptors (Lipinski definition) is 4. The lowest BCUT2D eigenvalue weighted by molar-refractivity contribution is -0.137. The molecule has 2 rings (SSSR count). The van der Waals surface area contributed by atoms with Gasteiger partial charge in [0.2, 0.25) is 0 Å². The van der Waals surface area contributed by atoms with E-state index in [-0.39, 0.29) is 11.8 Å². The largest absolute Gasteiger partial charge is 0.494 e. The number of ether oxygens (including phenoxy) is 2. The summed E-state index contributed by atoms with van der Waals surface area (Å²) >= 11 is 5.90. The fourth-order valence-electron chi connectivity index (χ4n) is 2.30. The Balaban J connectivity index is 2.06. The number of esters is 1. The predicted octanol–water partition coefficient (Wildman–Crippen LogP) is 4.10. The molecule has 0 unspecified atom stereocenters. The van der Waals surface area contributed by atoms with Gasteiger partial charge in [-0.25, -0.2) is 4.79 Å². The lowest BCUT2D eigenvalue weighted by atomic mass is 10.0. The fourth-order valence-corrected chi connectivity index (χ4v) is 2.48. The Morgan fingerprint density at radius 3 is 2.35 bits per heavy atom. The van der Waals surface area contributed by atoms with Gasteiger partial charge in [-0.1, -0.05) is 31.5 Å². The third-order valence-electron chi connectivity index (χ3n) is 3.65. The van der Waals surface area contributed by atoms with Crippen molar-refractivity contribution in [3.05, 3.63) is 59.1 Å². The molecule has 0 aliphatic rings. The number of rotatable bonds is 7. The van der Waals surface area contributed by atoms with Crippen LogP contribution in [0.5, 0.6) is 11.5 Å². The van der Waals surface area contributed by atoms with Crippen molar-refractivity contribution in [1.29, 1.82) is 0 Å². The Hall–Kier alpha value is -2.53. The second kappa shape index (κ2) is 9.25. The van der Waals surface area contributed by atoms with Crippen LogP contribution >= 0.6 is 11.6 Å². The molecule has 6 heteroatoms. The van der Waals surface area contributed by atoms with Crippen LogP contribution in [0.1, 0.15) is 31.1 Å². The van der Waals surface area contributed by atoms with Crippen molar-refractivity contribution in [2.24, 2.45) is 5.92 Å². The standard InChI is InChI=1S/C20H22ClNO4/c1-4-25-16-10-8-14(9-11-16)19(23)22-18(13(2)3)20(24)26-17-7-5-6-15(21)12-17/h5-13,18H,4H2,1-3H3,(H,22,23)/t18-/m0/s1. The normalized spacial score (nSPS) is 11.7. The summed E-state index contributed by atoms with van der Waals surface area (Å²) in [5.74, 6) is -0.0158. The van der Waals surface area contributed by atoms with E-state index in [0.717, 1.165) is 0 Å². The molecule has 1 amide bonds. The van der Waals surface area contributed by atoms with E-state index in [1.54, 1.807) is 48.5 Å². The molecule has 0 saturated heterocycles. The molecule has 0 heterocycles. The molecule has 26 heavy (non-hydrogen) atoms. The van der Waals surface area contributed by atoms with E-state index >= 15 is 0 Å². The molecule has 0 fully saturated rings. The highest BCUT2D eigenvalue weighted by atomic mass is 35.5. The van der Waals surface area contributed by atoms with Crippen molar-refractivity contribution in [2.75, 3.05) is 6.61 Å². The van der Waals surface area contributed by atoms with Gasteiger partial charge in [-0.2, -0.15) is 0 Å². The Labute approximate surface area is 158 Å². The zero-order valence-corrected chi connectivity index (χ0v) is 15.7. The third-order valence-corrected chi connectivity index (χ3v) is 3.88. The molecule has 1 N–H and O–H groups in total. The monoisotopic (exact) mass is 375 g/mol. The highest BCUT2D eigenvalue weighted by molar-refractivity contribution is 6.30. The van der Waals surface area contributed by atoms with Crippen LogP contribution in [0.2, 0.25) is 5.02 Å². The van der Waals surface area contributed by atoms with Crippen LogP contribution in [0.3, 0.4) is 0 Å². The molecule has 0 radical (unpaired) electrons. The first-order valence-corrected chi connectivity index (χ1v) is 8.79. The second-order valence-corrected chi connectivity index (χ2v) is 6.47. The fraction of sp³-hybridized carbons (Fsp3) is 0.300. The van der Waals surface area contributed by atoms with Crippen LogP contribution < -0.4 is 14.8 Å². The molecule has 138 valence electrons. The summed E-state index contributed by atoms with van der Waals surface area (Å²) in [6.45, 7) is 6.11. The molecule has 0 aliphatic carbocycles. The van der Waals surface area contributed by atoms with Crippen LogP contribution in [0.4, 0.5) is 0 Å². The van der Waals surface area contributed by atoms with E-state index in [0.29, 0.717) is 28.7 Å². The summed E-state index contributed by atoms with van der Waals surface area (Å²) in [6.07, 6.45) is 0. The molecule has 0 bridgehead atoms. The van der Waals surface area contributed by atoms with Crippen LogP contribution in [-0.4, -0.2) is 24.5 Å². The van der Waals surface area contributed by atoms with Gasteiger partial charge in [0.25, 0.3) is 5.91 Å². The lowest BCUT2D eigenvalue weighted by Crippen LogP contribution is -2.46. The van der Waals surface area contributed by atoms with Crippen molar-refractivity contribution in [2.45, 2.75) is 26.8 Å². The topological polar surface area (TPSA) is 64.6 Å². The van der Waals surface area contributed by atoms with E-state index in [1.807, 2.05) is 20.8 Å². The molecule has 1 atom stereocenters. The van der Waals surface area contributed by atoms with Crippen LogP contribution in [-0.2, 0) is 4.79 Å². The number of benzene rings is 2. The van der Waals surface area contributed by atoms with Crippen LogP contribution in [0.25, 0.3) is 0 Å². The van der Waals surface area contributed by atoms with Gasteiger partial charge < -0.3 is 14.8 Å². The maximum atomic E-state index is 12.5. The zero-order chi connectivity index (χ0) is 19.1. The quantitative estimate of drug-likeness (QED) is 0.584. The predicted molar refractivity (Wildman–Crippen MR) is 101 cm³/mol. The first-order chi connectivity index (χ1) is 12.4. The Bertz CT molecular complexity index is 759. The van der Waals surface area contributed by atoms with Gasteiger partial charge in [-0.15, -0.1) is 0 Å². The SMILES string of the molecule is CCOc1ccc(C(=O)N[C@H](C(=O)Oc2cccc(Cl)c2)C(C)C)cc1. The number of amides is 1. The second-order valence-electron chi connectivity index (χ2n) is 6.03. The third kappa shape index (κ3) is 5.49. The molecular formula is C20H22ClNO4. The average Bonchev–Trinajstić information content (AvgIpc) is 2.60. The van der Waals surface area contributed by atoms with Crippen LogP contribution in [0.15, 0.2) is 48.5 Å². The number of halogens is 1. The molecule has 0 aliphatic heterocycles. The number of nitrogens with one attached hydrogen (secondary N) is 1. The summed E-state index contributed by atoms with van der Waals surface area (Å²) < 4.78 is 10.7. The van der Waals surface area contributed by atoms with Gasteiger partial charge in [-0.05, 0) is 55.3 Å². The van der Waals surface area contributed by atoms with Gasteiger partial charge in [-0.3, -0.25) is 4.79 Å². The summed E-state index contributed by atoms with van der Waals surface area (Å²) in [7, 11) is 0. The molecule has 0 aromatic heterocycles. The minimum atomic E-state index is -0.784. The lowest BCUT2D eigenvalue weighted by Gasteiger charge is -2.21. The smallest absolute Gasteiger partial charge is 0.334 e. The maximum Gasteiger partial charge on any atom is 0.334 e. The Morgan fingerprint density at radius 1 is 1.08 bits per heavy atom. The molecule has 5 nitrogen and oxygen atoms in total. The Kier molecular flexibility index (Phi) is 7.04. The van der Waals surface area contributed by atoms with E-state index in [4.69, 9.17) is 21.1 Å². The summed E-state index contributed by atoms with van der Waals surface area (Å²) in [6, 6.07) is 12.5. The van der Waals surface area contributed by atoms with Crippen molar-refractivity contribution in [3.8, 4) is 11.5 Å². The molecular weight excluding hydrogens is 354 g/mol. The molecule has 0 spiro atoms. The van der Waals surface area contributed by atoms with E-state index in [9.17, 15) is 9.59 Å². The maximum absolute atomic E-state index is 12.5. The highest BCUT2D eigenvalue weighted by Gasteiger charge is 2.26. The first-order valence-electron chi connectivity index (χ1n) is 8.41. The van der Waals surface area contributed by atoms with Crippen molar-refractivity contribution in [1.82, 2.24) is 5.32 Å². The van der Waals surface area contributed by atoms with Gasteiger partial charge >= 0.3 is 5.97 Å². The average molecular weight is 376 g/mol. The number of carbonyl (C=O) groups is 2. The van der Waals surface area contributed by atoms with Crippen LogP contribution in [0, 0.1) is 5.92 Å². The number of hydrogen-bond donors (Lipinski definition) is 1. The van der Waals surface area contributed by atoms with Crippen molar-refractivity contribution in [3.63, 3.8) is 0 Å². The van der Waals surface area contributed by atoms with E-state index < -0.39 is 12.0 Å². The van der Waals surface area contributed by atoms with E-state index in [1.165, 1.54) is 0 Å². The number of carbonyl (C=O) groups excluding carboxylic acids is 2. The summed E-state index contributed by atoms with van der Waals surface area (Å²) in [5.41, 5.74) is 0.439. The van der Waals surface area contributed by atoms with Gasteiger partial charge in [0.1, 0.15) is 17.5 Å². The minimum Gasteiger partial charge on any atom is -0.494 e. The summed E-state index contributed by atoms with van der Waals surface area (Å²) in [5, 5.41) is 3.20. The molecule has 2 aromatic rings. The van der Waals surface area contributed by atoms with Gasteiger partial charge in [0, 0.05) is 10.6 Å². The molecule has 0 saturated carbocycles. The van der Waals surface area contributed by atoms with E-state index in [2.05, 4.69) is 5.32 Å². The minimum absolute atomic E-state index is 0.145. The van der Waals surface area contributed by atoms with Crippen molar-refractivity contribution >= 4 is 23.5 Å². The van der Waals surface area contributed by atoms with Gasteiger partial charge in [0.05, 0.1) is 6.61 Å². The first kappa shape index (κ1) is 19.8. The van der Waals surface area contributed by atoms with Crippen molar-refractivity contribution < 1.29 is 19.1 Å². The molecule has 2 aromatic carbocycles. The van der Waals surface area contributed by atoms with Gasteiger partial charge in [0.15, 0.2) is 0 Å². The zero-order valence-electron chi connectivity index (χ0n) is 15.0. The Morgan fingerprint density at radius 2 is 1.77 bits per heavy atom. The summed E-state index contributed by atoms with van der Waals surface area (Å²) in [4.78, 5) is 24.9.